The van der Waals surface area contributed by atoms with Gasteiger partial charge in [-0.15, -0.1) is 0 Å². The summed E-state index contributed by atoms with van der Waals surface area (Å²) >= 11 is 0. The van der Waals surface area contributed by atoms with Crippen LogP contribution in [0, 0.1) is 17.1 Å². The molecule has 0 spiro atoms. The highest BCUT2D eigenvalue weighted by Crippen LogP contribution is 2.36. The Bertz CT molecular complexity index is 1720. The summed E-state index contributed by atoms with van der Waals surface area (Å²) in [5.74, 6) is 0.665. The van der Waals surface area contributed by atoms with Gasteiger partial charge in [-0.1, -0.05) is 18.2 Å². The molecule has 8 rings (SSSR count). The SMILES string of the molecule is N#Cc1cnn2cc(OCCN3CCOCC3)cc(-c3ccc(N4CC5CC(C4)N5C(=O)C(O)Cc4ccccc4F)nc3)c12. The molecule has 3 unspecified atom stereocenters. The number of piperidine rings is 1. The second-order valence-electron chi connectivity index (χ2n) is 11.8. The van der Waals surface area contributed by atoms with Gasteiger partial charge in [0.25, 0.3) is 5.91 Å². The number of hydrogen-bond donors (Lipinski definition) is 1. The number of aliphatic hydroxyl groups excluding tert-OH is 1. The van der Waals surface area contributed by atoms with Crippen molar-refractivity contribution in [2.75, 3.05) is 57.4 Å². The van der Waals surface area contributed by atoms with E-state index in [1.807, 2.05) is 18.2 Å². The number of ether oxygens (including phenoxy) is 2. The normalized spacial score (nSPS) is 20.5. The molecule has 12 heteroatoms. The molecular weight excluding hydrogens is 577 g/mol. The van der Waals surface area contributed by atoms with Crippen LogP contribution in [0.25, 0.3) is 16.6 Å². The molecule has 4 fully saturated rings. The van der Waals surface area contributed by atoms with Crippen molar-refractivity contribution in [1.29, 1.82) is 5.26 Å². The average Bonchev–Trinajstić information content (AvgIpc) is 3.49. The number of pyridine rings is 2. The van der Waals surface area contributed by atoms with Gasteiger partial charge in [0.1, 0.15) is 36.2 Å². The average molecular weight is 612 g/mol. The highest BCUT2D eigenvalue weighted by atomic mass is 19.1. The molecule has 4 aliphatic rings. The molecule has 1 aromatic carbocycles. The van der Waals surface area contributed by atoms with Crippen LogP contribution in [0.3, 0.4) is 0 Å². The maximum Gasteiger partial charge on any atom is 0.252 e. The van der Waals surface area contributed by atoms with Crippen LogP contribution in [-0.4, -0.2) is 106 Å². The van der Waals surface area contributed by atoms with Gasteiger partial charge in [-0.3, -0.25) is 9.69 Å². The second-order valence-corrected chi connectivity index (χ2v) is 11.8. The fourth-order valence-corrected chi connectivity index (χ4v) is 6.62. The molecule has 232 valence electrons. The monoisotopic (exact) mass is 611 g/mol. The Morgan fingerprint density at radius 3 is 2.69 bits per heavy atom. The number of nitriles is 1. The van der Waals surface area contributed by atoms with E-state index in [0.717, 1.165) is 56.2 Å². The fourth-order valence-electron chi connectivity index (χ4n) is 6.62. The standard InChI is InChI=1S/C33H34FN7O4/c34-29-4-2-1-3-22(29)13-30(42)33(43)41-25-14-26(41)20-39(19-25)31-6-5-23(17-36-31)28-15-27(21-40-32(28)24(16-35)18-37-40)45-12-9-38-7-10-44-11-8-38/h1-6,15,17-18,21,25-26,30,42H,7-14,19-20H2. The van der Waals surface area contributed by atoms with Crippen LogP contribution in [0.1, 0.15) is 17.5 Å². The molecule has 0 saturated carbocycles. The zero-order chi connectivity index (χ0) is 30.9. The number of rotatable bonds is 9. The Morgan fingerprint density at radius 1 is 1.16 bits per heavy atom. The predicted molar refractivity (Wildman–Crippen MR) is 163 cm³/mol. The number of fused-ring (bicyclic) bond motifs is 3. The van der Waals surface area contributed by atoms with Crippen molar-refractivity contribution < 1.29 is 23.8 Å². The Hall–Kier alpha value is -4.57. The van der Waals surface area contributed by atoms with Gasteiger partial charge in [-0.25, -0.2) is 13.9 Å². The molecule has 7 heterocycles. The first kappa shape index (κ1) is 29.2. The zero-order valence-electron chi connectivity index (χ0n) is 24.8. The van der Waals surface area contributed by atoms with Gasteiger partial charge in [-0.05, 0) is 36.2 Å². The summed E-state index contributed by atoms with van der Waals surface area (Å²) in [6, 6.07) is 14.2. The van der Waals surface area contributed by atoms with E-state index in [0.29, 0.717) is 42.1 Å². The van der Waals surface area contributed by atoms with E-state index in [4.69, 9.17) is 14.5 Å². The van der Waals surface area contributed by atoms with Crippen molar-refractivity contribution in [2.45, 2.75) is 31.0 Å². The topological polar surface area (TPSA) is 119 Å². The van der Waals surface area contributed by atoms with Gasteiger partial charge >= 0.3 is 0 Å². The molecular formula is C33H34FN7O4. The number of piperazine rings is 1. The number of carbonyl (C=O) groups is 1. The van der Waals surface area contributed by atoms with E-state index < -0.39 is 11.9 Å². The first-order chi connectivity index (χ1) is 22.0. The third-order valence-corrected chi connectivity index (χ3v) is 8.97. The molecule has 1 N–H and O–H groups in total. The summed E-state index contributed by atoms with van der Waals surface area (Å²) in [4.78, 5) is 24.1. The Kier molecular flexibility index (Phi) is 8.06. The summed E-state index contributed by atoms with van der Waals surface area (Å²) < 4.78 is 27.3. The zero-order valence-corrected chi connectivity index (χ0v) is 24.8. The second kappa shape index (κ2) is 12.4. The van der Waals surface area contributed by atoms with E-state index in [2.05, 4.69) is 21.0 Å². The molecule has 1 amide bonds. The van der Waals surface area contributed by atoms with E-state index in [9.17, 15) is 19.6 Å². The number of morpholine rings is 1. The van der Waals surface area contributed by atoms with Crippen LogP contribution in [0.15, 0.2) is 61.1 Å². The summed E-state index contributed by atoms with van der Waals surface area (Å²) in [5.41, 5.74) is 3.11. The Balaban J connectivity index is 1.03. The van der Waals surface area contributed by atoms with Crippen LogP contribution in [-0.2, 0) is 16.0 Å². The lowest BCUT2D eigenvalue weighted by Gasteiger charge is -2.57. The molecule has 4 aliphatic heterocycles. The quantitative estimate of drug-likeness (QED) is 0.305. The van der Waals surface area contributed by atoms with Gasteiger partial charge in [0.05, 0.1) is 48.8 Å². The molecule has 2 bridgehead atoms. The van der Waals surface area contributed by atoms with Crippen molar-refractivity contribution in [3.63, 3.8) is 0 Å². The molecule has 4 saturated heterocycles. The number of amides is 1. The first-order valence-electron chi connectivity index (χ1n) is 15.3. The highest BCUT2D eigenvalue weighted by molar-refractivity contribution is 5.85. The van der Waals surface area contributed by atoms with E-state index in [1.165, 1.54) is 6.07 Å². The summed E-state index contributed by atoms with van der Waals surface area (Å²) in [5, 5.41) is 24.7. The van der Waals surface area contributed by atoms with Crippen molar-refractivity contribution >= 4 is 17.2 Å². The minimum atomic E-state index is -1.28. The lowest BCUT2D eigenvalue weighted by molar-refractivity contribution is -0.155. The first-order valence-corrected chi connectivity index (χ1v) is 15.3. The van der Waals surface area contributed by atoms with Crippen molar-refractivity contribution in [3.8, 4) is 22.9 Å². The summed E-state index contributed by atoms with van der Waals surface area (Å²) in [7, 11) is 0. The minimum absolute atomic E-state index is 0.0381. The number of aliphatic hydroxyl groups is 1. The van der Waals surface area contributed by atoms with Gasteiger partial charge < -0.3 is 24.4 Å². The van der Waals surface area contributed by atoms with Crippen molar-refractivity contribution in [3.05, 3.63) is 78.0 Å². The number of carbonyl (C=O) groups excluding carboxylic acids is 1. The van der Waals surface area contributed by atoms with Gasteiger partial charge in [-0.2, -0.15) is 10.4 Å². The van der Waals surface area contributed by atoms with Crippen molar-refractivity contribution in [1.82, 2.24) is 24.4 Å². The summed E-state index contributed by atoms with van der Waals surface area (Å²) in [6.45, 7) is 5.75. The van der Waals surface area contributed by atoms with E-state index in [1.54, 1.807) is 46.2 Å². The molecule has 45 heavy (non-hydrogen) atoms. The lowest BCUT2D eigenvalue weighted by Crippen LogP contribution is -2.71. The van der Waals surface area contributed by atoms with Crippen LogP contribution < -0.4 is 9.64 Å². The number of halogens is 1. The number of anilines is 1. The Labute approximate surface area is 260 Å². The van der Waals surface area contributed by atoms with Crippen LogP contribution in [0.4, 0.5) is 10.2 Å². The maximum atomic E-state index is 14.1. The number of nitrogens with zero attached hydrogens (tertiary/aromatic N) is 7. The van der Waals surface area contributed by atoms with Gasteiger partial charge in [0, 0.05) is 56.5 Å². The third kappa shape index (κ3) is 5.82. The fraction of sp³-hybridized carbons (Fsp3) is 0.394. The molecule has 0 radical (unpaired) electrons. The molecule has 3 aromatic heterocycles. The Morgan fingerprint density at radius 2 is 1.96 bits per heavy atom. The van der Waals surface area contributed by atoms with Crippen LogP contribution in [0.5, 0.6) is 5.75 Å². The van der Waals surface area contributed by atoms with Crippen molar-refractivity contribution in [2.24, 2.45) is 0 Å². The molecule has 0 aliphatic carbocycles. The third-order valence-electron chi connectivity index (χ3n) is 8.97. The summed E-state index contributed by atoms with van der Waals surface area (Å²) in [6.07, 6.45) is 4.67. The molecule has 4 aromatic rings. The van der Waals surface area contributed by atoms with Crippen LogP contribution >= 0.6 is 0 Å². The van der Waals surface area contributed by atoms with Gasteiger partial charge in [0.2, 0.25) is 0 Å². The molecule has 11 nitrogen and oxygen atoms in total. The number of hydrogen-bond acceptors (Lipinski definition) is 9. The highest BCUT2D eigenvalue weighted by Gasteiger charge is 2.48. The number of aromatic nitrogens is 3. The molecule has 3 atom stereocenters. The smallest absolute Gasteiger partial charge is 0.252 e. The van der Waals surface area contributed by atoms with E-state index >= 15 is 0 Å². The van der Waals surface area contributed by atoms with Gasteiger partial charge in [0.15, 0.2) is 0 Å². The minimum Gasteiger partial charge on any atom is -0.491 e. The largest absolute Gasteiger partial charge is 0.491 e. The lowest BCUT2D eigenvalue weighted by atomic mass is 9.86. The van der Waals surface area contributed by atoms with E-state index in [-0.39, 0.29) is 24.4 Å². The van der Waals surface area contributed by atoms with Crippen LogP contribution in [0.2, 0.25) is 0 Å². The predicted octanol–water partition coefficient (Wildman–Crippen LogP) is 2.51. The number of benzene rings is 1. The maximum absolute atomic E-state index is 14.1.